The highest BCUT2D eigenvalue weighted by Gasteiger charge is 2.54. The van der Waals surface area contributed by atoms with Crippen molar-refractivity contribution in [3.63, 3.8) is 0 Å². The zero-order valence-electron chi connectivity index (χ0n) is 17.5. The summed E-state index contributed by atoms with van der Waals surface area (Å²) in [5, 5.41) is 1.02. The molecule has 0 saturated carbocycles. The van der Waals surface area contributed by atoms with E-state index in [4.69, 9.17) is 9.47 Å². The first-order valence-corrected chi connectivity index (χ1v) is 9.96. The molecule has 3 aromatic carbocycles. The van der Waals surface area contributed by atoms with Crippen molar-refractivity contribution in [1.29, 1.82) is 0 Å². The van der Waals surface area contributed by atoms with Gasteiger partial charge in [-0.1, -0.05) is 54.1 Å². The number of nitrogens with zero attached hydrogens (tertiary/aromatic N) is 1. The number of hydrogen-bond acceptors (Lipinski definition) is 3. The molecule has 4 nitrogen and oxygen atoms in total. The van der Waals surface area contributed by atoms with Gasteiger partial charge < -0.3 is 14.0 Å². The number of fused-ring (bicyclic) bond motifs is 5. The van der Waals surface area contributed by atoms with E-state index in [1.54, 1.807) is 7.11 Å². The minimum atomic E-state index is -1.03. The fraction of sp³-hybridized carbons (Fsp3) is 0.192. The number of methoxy groups -OCH3 is 2. The molecule has 30 heavy (non-hydrogen) atoms. The van der Waals surface area contributed by atoms with E-state index in [9.17, 15) is 4.79 Å². The molecule has 1 aliphatic rings. The topological polar surface area (TPSA) is 40.5 Å². The van der Waals surface area contributed by atoms with E-state index in [0.29, 0.717) is 0 Å². The summed E-state index contributed by atoms with van der Waals surface area (Å²) < 4.78 is 13.1. The Labute approximate surface area is 175 Å². The Morgan fingerprint density at radius 1 is 0.967 bits per heavy atom. The second-order valence-corrected chi connectivity index (χ2v) is 7.82. The van der Waals surface area contributed by atoms with Gasteiger partial charge in [-0.25, -0.2) is 0 Å². The number of ether oxygens (including phenoxy) is 2. The molecule has 0 amide bonds. The highest BCUT2D eigenvalue weighted by molar-refractivity contribution is 6.09. The molecule has 1 atom stereocenters. The number of benzene rings is 3. The SMILES string of the molecule is COC(=O)C1(c2ccccc2)c2cc(C)ccc2-c2c1c1ccc(OC)cc1n2C. The summed E-state index contributed by atoms with van der Waals surface area (Å²) in [6.07, 6.45) is 0. The van der Waals surface area contributed by atoms with Crippen LogP contribution in [0.4, 0.5) is 0 Å². The van der Waals surface area contributed by atoms with Gasteiger partial charge >= 0.3 is 5.97 Å². The summed E-state index contributed by atoms with van der Waals surface area (Å²) >= 11 is 0. The lowest BCUT2D eigenvalue weighted by atomic mass is 9.71. The van der Waals surface area contributed by atoms with Crippen molar-refractivity contribution in [3.8, 4) is 17.0 Å². The summed E-state index contributed by atoms with van der Waals surface area (Å²) in [6, 6.07) is 22.3. The molecule has 1 heterocycles. The number of aromatic nitrogens is 1. The van der Waals surface area contributed by atoms with Crippen molar-refractivity contribution in [2.45, 2.75) is 12.3 Å². The van der Waals surface area contributed by atoms with Crippen LogP contribution >= 0.6 is 0 Å². The molecule has 0 N–H and O–H groups in total. The van der Waals surface area contributed by atoms with Crippen LogP contribution in [-0.2, 0) is 22.0 Å². The third kappa shape index (κ3) is 2.19. The van der Waals surface area contributed by atoms with Gasteiger partial charge in [-0.05, 0) is 30.2 Å². The van der Waals surface area contributed by atoms with Gasteiger partial charge in [-0.3, -0.25) is 4.79 Å². The summed E-state index contributed by atoms with van der Waals surface area (Å²) in [7, 11) is 5.18. The van der Waals surface area contributed by atoms with Crippen molar-refractivity contribution >= 4 is 16.9 Å². The van der Waals surface area contributed by atoms with Crippen LogP contribution in [-0.4, -0.2) is 24.8 Å². The normalized spacial score (nSPS) is 16.9. The maximum atomic E-state index is 13.7. The minimum absolute atomic E-state index is 0.275. The van der Waals surface area contributed by atoms with E-state index in [1.165, 1.54) is 7.11 Å². The quantitative estimate of drug-likeness (QED) is 0.458. The summed E-state index contributed by atoms with van der Waals surface area (Å²) in [5.74, 6) is 0.511. The summed E-state index contributed by atoms with van der Waals surface area (Å²) in [6.45, 7) is 2.05. The molecular weight excluding hydrogens is 374 g/mol. The lowest BCUT2D eigenvalue weighted by Crippen LogP contribution is -2.37. The second kappa shape index (κ2) is 6.49. The van der Waals surface area contributed by atoms with Crippen LogP contribution in [0.25, 0.3) is 22.2 Å². The van der Waals surface area contributed by atoms with Crippen LogP contribution in [0, 0.1) is 6.92 Å². The zero-order chi connectivity index (χ0) is 21.0. The van der Waals surface area contributed by atoms with Crippen LogP contribution in [0.5, 0.6) is 5.75 Å². The molecule has 0 bridgehead atoms. The maximum absolute atomic E-state index is 13.7. The lowest BCUT2D eigenvalue weighted by Gasteiger charge is -2.29. The molecule has 0 spiro atoms. The first-order valence-electron chi connectivity index (χ1n) is 9.96. The molecule has 5 rings (SSSR count). The van der Waals surface area contributed by atoms with Crippen molar-refractivity contribution in [1.82, 2.24) is 4.57 Å². The standard InChI is InChI=1S/C26H23NO3/c1-16-10-12-19-21(14-16)26(25(28)30-4,17-8-6-5-7-9-17)23-20-13-11-18(29-3)15-22(20)27(2)24(19)23/h5-15H,1-4H3. The molecular formula is C26H23NO3. The molecule has 0 aliphatic heterocycles. The maximum Gasteiger partial charge on any atom is 0.325 e. The van der Waals surface area contributed by atoms with Crippen LogP contribution in [0.2, 0.25) is 0 Å². The van der Waals surface area contributed by atoms with Crippen LogP contribution in [0.3, 0.4) is 0 Å². The van der Waals surface area contributed by atoms with Crippen LogP contribution < -0.4 is 4.74 Å². The van der Waals surface area contributed by atoms with Crippen molar-refractivity contribution < 1.29 is 14.3 Å². The van der Waals surface area contributed by atoms with E-state index in [0.717, 1.165) is 50.2 Å². The third-order valence-corrected chi connectivity index (χ3v) is 6.32. The smallest absolute Gasteiger partial charge is 0.325 e. The number of hydrogen-bond donors (Lipinski definition) is 0. The van der Waals surface area contributed by atoms with Gasteiger partial charge in [0.05, 0.1) is 25.4 Å². The van der Waals surface area contributed by atoms with Gasteiger partial charge in [0.1, 0.15) is 11.2 Å². The Kier molecular flexibility index (Phi) is 4.00. The number of aryl methyl sites for hydroxylation is 2. The zero-order valence-corrected chi connectivity index (χ0v) is 17.5. The Morgan fingerprint density at radius 2 is 1.73 bits per heavy atom. The average Bonchev–Trinajstić information content (AvgIpc) is 3.24. The van der Waals surface area contributed by atoms with Crippen LogP contribution in [0.15, 0.2) is 66.7 Å². The van der Waals surface area contributed by atoms with Gasteiger partial charge in [-0.2, -0.15) is 0 Å². The molecule has 1 aliphatic carbocycles. The lowest BCUT2D eigenvalue weighted by molar-refractivity contribution is -0.144. The van der Waals surface area contributed by atoms with E-state index >= 15 is 0 Å². The first kappa shape index (κ1) is 18.5. The summed E-state index contributed by atoms with van der Waals surface area (Å²) in [4.78, 5) is 13.7. The van der Waals surface area contributed by atoms with Gasteiger partial charge in [0, 0.05) is 29.6 Å². The minimum Gasteiger partial charge on any atom is -0.497 e. The van der Waals surface area contributed by atoms with E-state index < -0.39 is 5.41 Å². The number of carbonyl (C=O) groups excluding carboxylic acids is 1. The Hall–Kier alpha value is -3.53. The number of carbonyl (C=O) groups is 1. The van der Waals surface area contributed by atoms with Crippen molar-refractivity contribution in [2.75, 3.05) is 14.2 Å². The van der Waals surface area contributed by atoms with Crippen molar-refractivity contribution in [3.05, 3.63) is 89.0 Å². The first-order chi connectivity index (χ1) is 14.5. The largest absolute Gasteiger partial charge is 0.497 e. The van der Waals surface area contributed by atoms with Crippen molar-refractivity contribution in [2.24, 2.45) is 7.05 Å². The fourth-order valence-electron chi connectivity index (χ4n) is 5.02. The molecule has 0 fully saturated rings. The molecule has 0 radical (unpaired) electrons. The number of esters is 1. The van der Waals surface area contributed by atoms with E-state index in [2.05, 4.69) is 29.7 Å². The molecule has 4 aromatic rings. The third-order valence-electron chi connectivity index (χ3n) is 6.32. The van der Waals surface area contributed by atoms with Crippen LogP contribution in [0.1, 0.15) is 22.3 Å². The van der Waals surface area contributed by atoms with Gasteiger partial charge in [0.2, 0.25) is 0 Å². The Morgan fingerprint density at radius 3 is 2.43 bits per heavy atom. The monoisotopic (exact) mass is 397 g/mol. The fourth-order valence-corrected chi connectivity index (χ4v) is 5.02. The molecule has 0 saturated heterocycles. The highest BCUT2D eigenvalue weighted by Crippen LogP contribution is 2.56. The predicted octanol–water partition coefficient (Wildman–Crippen LogP) is 4.98. The van der Waals surface area contributed by atoms with Gasteiger partial charge in [0.15, 0.2) is 0 Å². The molecule has 4 heteroatoms. The highest BCUT2D eigenvalue weighted by atomic mass is 16.5. The molecule has 1 aromatic heterocycles. The average molecular weight is 397 g/mol. The van der Waals surface area contributed by atoms with Gasteiger partial charge in [0.25, 0.3) is 0 Å². The Bertz CT molecular complexity index is 1300. The van der Waals surface area contributed by atoms with E-state index in [-0.39, 0.29) is 5.97 Å². The Balaban J connectivity index is 2.02. The molecule has 150 valence electrons. The van der Waals surface area contributed by atoms with Gasteiger partial charge in [-0.15, -0.1) is 0 Å². The number of rotatable bonds is 3. The second-order valence-electron chi connectivity index (χ2n) is 7.82. The summed E-state index contributed by atoms with van der Waals surface area (Å²) in [5.41, 5.74) is 6.06. The van der Waals surface area contributed by atoms with E-state index in [1.807, 2.05) is 55.6 Å². The molecule has 1 unspecified atom stereocenters. The predicted molar refractivity (Wildman–Crippen MR) is 118 cm³/mol.